The molecule has 5 heavy (non-hydrogen) atoms. The summed E-state index contributed by atoms with van der Waals surface area (Å²) in [6.07, 6.45) is 0. The zero-order chi connectivity index (χ0) is 3.58. The van der Waals surface area contributed by atoms with Crippen LogP contribution in [0.25, 0.3) is 0 Å². The van der Waals surface area contributed by atoms with Crippen molar-refractivity contribution >= 4 is 17.3 Å². The molecule has 0 radical (unpaired) electrons. The van der Waals surface area contributed by atoms with Gasteiger partial charge < -0.3 is 11.5 Å². The normalized spacial score (nSPS) is 4.80. The van der Waals surface area contributed by atoms with Crippen molar-refractivity contribution in [3.8, 4) is 0 Å². The van der Waals surface area contributed by atoms with Gasteiger partial charge in [-0.25, -0.2) is 0 Å². The Hall–Kier alpha value is 0.378. The van der Waals surface area contributed by atoms with Gasteiger partial charge in [0.2, 0.25) is 0 Å². The van der Waals surface area contributed by atoms with Gasteiger partial charge in [-0.1, -0.05) is 0 Å². The molecule has 0 rings (SSSR count). The Balaban J connectivity index is 0. The summed E-state index contributed by atoms with van der Waals surface area (Å²) < 4.78 is 0. The van der Waals surface area contributed by atoms with Crippen molar-refractivity contribution in [3.05, 3.63) is 0 Å². The minimum absolute atomic E-state index is 0. The summed E-state index contributed by atoms with van der Waals surface area (Å²) in [4.78, 5) is 0. The zero-order valence-electron chi connectivity index (χ0n) is 2.47. The molecule has 0 saturated carbocycles. The van der Waals surface area contributed by atoms with E-state index in [9.17, 15) is 0 Å². The molecule has 0 unspecified atom stereocenters. The molecule has 0 spiro atoms. The number of rotatable bonds is 0. The van der Waals surface area contributed by atoms with Gasteiger partial charge in [0.05, 0.1) is 0 Å². The van der Waals surface area contributed by atoms with Gasteiger partial charge in [0.15, 0.2) is 5.11 Å². The van der Waals surface area contributed by atoms with Crippen LogP contribution in [0, 0.1) is 0 Å². The largest absolute Gasteiger partial charge is 0.377 e. The molecule has 30 valence electrons. The number of hydrogen-bond acceptors (Lipinski definition) is 1. The minimum atomic E-state index is 0. The van der Waals surface area contributed by atoms with Crippen LogP contribution in [0.4, 0.5) is 0 Å². The van der Waals surface area contributed by atoms with E-state index in [0.717, 1.165) is 0 Å². The van der Waals surface area contributed by atoms with E-state index in [1.807, 2.05) is 0 Å². The first-order valence-electron chi connectivity index (χ1n) is 0.781. The first-order chi connectivity index (χ1) is 1.73. The van der Waals surface area contributed by atoms with Gasteiger partial charge in [-0.05, 0) is 12.2 Å². The summed E-state index contributed by atoms with van der Waals surface area (Å²) in [5, 5.41) is 0.000000000000000222. The van der Waals surface area contributed by atoms with E-state index in [0.29, 0.717) is 0 Å². The molecular formula is CH4N2SW. The molecule has 0 aliphatic carbocycles. The third kappa shape index (κ3) is 173. The van der Waals surface area contributed by atoms with Crippen LogP contribution in [-0.4, -0.2) is 5.11 Å². The quantitative estimate of drug-likeness (QED) is 0.560. The molecule has 0 saturated heterocycles. The first-order valence-corrected chi connectivity index (χ1v) is 1.19. The SMILES string of the molecule is NC(N)=S.[W]. The van der Waals surface area contributed by atoms with Crippen LogP contribution in [0.15, 0.2) is 0 Å². The van der Waals surface area contributed by atoms with Crippen molar-refractivity contribution in [2.75, 3.05) is 0 Å². The molecular weight excluding hydrogens is 256 g/mol. The van der Waals surface area contributed by atoms with E-state index in [1.165, 1.54) is 0 Å². The van der Waals surface area contributed by atoms with E-state index in [1.54, 1.807) is 0 Å². The van der Waals surface area contributed by atoms with Crippen molar-refractivity contribution in [3.63, 3.8) is 0 Å². The van der Waals surface area contributed by atoms with E-state index >= 15 is 0 Å². The Morgan fingerprint density at radius 1 is 1.40 bits per heavy atom. The molecule has 0 aliphatic rings. The summed E-state index contributed by atoms with van der Waals surface area (Å²) in [5.74, 6) is 0. The summed E-state index contributed by atoms with van der Waals surface area (Å²) >= 11 is 4.09. The molecule has 0 aromatic carbocycles. The van der Waals surface area contributed by atoms with E-state index in [-0.39, 0.29) is 26.2 Å². The fourth-order valence-corrected chi connectivity index (χ4v) is 0. The molecule has 0 bridgehead atoms. The maximum Gasteiger partial charge on any atom is 0.160 e. The van der Waals surface area contributed by atoms with E-state index in [2.05, 4.69) is 23.7 Å². The van der Waals surface area contributed by atoms with E-state index < -0.39 is 0 Å². The second-order valence-electron chi connectivity index (χ2n) is 0.402. The van der Waals surface area contributed by atoms with Gasteiger partial charge >= 0.3 is 0 Å². The van der Waals surface area contributed by atoms with Crippen LogP contribution in [0.5, 0.6) is 0 Å². The third-order valence-electron chi connectivity index (χ3n) is 0. The third-order valence-corrected chi connectivity index (χ3v) is 0. The predicted octanol–water partition coefficient (Wildman–Crippen LogP) is -0.814. The standard InChI is InChI=1S/CH4N2S.W/c2-1(3)4;/h(H4,2,3,4);. The average Bonchev–Trinajstić information content (AvgIpc) is 0.811. The van der Waals surface area contributed by atoms with Crippen LogP contribution in [0.3, 0.4) is 0 Å². The van der Waals surface area contributed by atoms with Gasteiger partial charge in [0.25, 0.3) is 0 Å². The Kier molecular flexibility index (Phi) is 7.91. The van der Waals surface area contributed by atoms with E-state index in [4.69, 9.17) is 0 Å². The summed E-state index contributed by atoms with van der Waals surface area (Å²) in [7, 11) is 0. The molecule has 2 nitrogen and oxygen atoms in total. The Morgan fingerprint density at radius 3 is 1.40 bits per heavy atom. The van der Waals surface area contributed by atoms with Crippen molar-refractivity contribution in [2.45, 2.75) is 0 Å². The Morgan fingerprint density at radius 2 is 1.40 bits per heavy atom. The number of nitrogens with two attached hydrogens (primary N) is 2. The zero-order valence-corrected chi connectivity index (χ0v) is 6.22. The van der Waals surface area contributed by atoms with Crippen LogP contribution >= 0.6 is 12.2 Å². The number of thiocarbonyl (C=S) groups is 1. The van der Waals surface area contributed by atoms with Crippen molar-refractivity contribution in [2.24, 2.45) is 11.5 Å². The second kappa shape index (κ2) is 4.38. The second-order valence-corrected chi connectivity index (χ2v) is 0.874. The summed E-state index contributed by atoms with van der Waals surface area (Å²) in [6.45, 7) is 0. The van der Waals surface area contributed by atoms with Crippen LogP contribution in [-0.2, 0) is 21.1 Å². The fraction of sp³-hybridized carbons (Fsp3) is 0. The molecule has 4 N–H and O–H groups in total. The van der Waals surface area contributed by atoms with Crippen LogP contribution in [0.2, 0.25) is 0 Å². The van der Waals surface area contributed by atoms with Crippen LogP contribution < -0.4 is 11.5 Å². The van der Waals surface area contributed by atoms with Gasteiger partial charge in [-0.3, -0.25) is 0 Å². The molecule has 0 aromatic rings. The minimum Gasteiger partial charge on any atom is -0.377 e. The molecule has 4 heteroatoms. The molecule has 0 aliphatic heterocycles. The predicted molar refractivity (Wildman–Crippen MR) is 21.0 cm³/mol. The van der Waals surface area contributed by atoms with Crippen molar-refractivity contribution < 1.29 is 21.1 Å². The maximum atomic E-state index is 4.62. The summed E-state index contributed by atoms with van der Waals surface area (Å²) in [6, 6.07) is 0. The summed E-state index contributed by atoms with van der Waals surface area (Å²) in [5.41, 5.74) is 9.24. The number of hydrogen-bond donors (Lipinski definition) is 2. The maximum absolute atomic E-state index is 4.62. The average molecular weight is 260 g/mol. The van der Waals surface area contributed by atoms with Crippen molar-refractivity contribution in [1.29, 1.82) is 0 Å². The molecule has 0 aromatic heterocycles. The van der Waals surface area contributed by atoms with Gasteiger partial charge in [0.1, 0.15) is 0 Å². The topological polar surface area (TPSA) is 52.0 Å². The van der Waals surface area contributed by atoms with Gasteiger partial charge in [0, 0.05) is 21.1 Å². The monoisotopic (exact) mass is 260 g/mol. The Bertz CT molecular complexity index is 32.6. The van der Waals surface area contributed by atoms with Gasteiger partial charge in [-0.15, -0.1) is 0 Å². The van der Waals surface area contributed by atoms with Crippen molar-refractivity contribution in [1.82, 2.24) is 0 Å². The molecule has 0 heterocycles. The smallest absolute Gasteiger partial charge is 0.160 e. The fourth-order valence-electron chi connectivity index (χ4n) is 0. The van der Waals surface area contributed by atoms with Gasteiger partial charge in [-0.2, -0.15) is 0 Å². The van der Waals surface area contributed by atoms with Crippen LogP contribution in [0.1, 0.15) is 0 Å². The molecule has 0 fully saturated rings. The first kappa shape index (κ1) is 9.03. The Labute approximate surface area is 50.2 Å². The molecule has 0 atom stereocenters. The molecule has 0 amide bonds.